The molecule has 35 heavy (non-hydrogen) atoms. The van der Waals surface area contributed by atoms with Crippen LogP contribution in [0.3, 0.4) is 0 Å². The standard InChI is InChI=1S/C23H21N3O8S/c1-3-32-20-10-14(16(26(29)30)12-19(20)31-2)23(28)34-13-22(27)25-17(18-6-4-8-33-18)11-15(24-25)21-7-5-9-35-21/h4-10,12,17H,3,11,13H2,1-2H3. The maximum absolute atomic E-state index is 13.0. The van der Waals surface area contributed by atoms with Crippen LogP contribution in [-0.2, 0) is 9.53 Å². The molecule has 1 aliphatic heterocycles. The molecular weight excluding hydrogens is 478 g/mol. The van der Waals surface area contributed by atoms with Gasteiger partial charge in [0, 0.05) is 12.5 Å². The molecular formula is C23H21N3O8S. The van der Waals surface area contributed by atoms with Crippen LogP contribution in [0.15, 0.2) is 57.6 Å². The molecule has 3 aromatic rings. The monoisotopic (exact) mass is 499 g/mol. The number of hydrazone groups is 1. The molecule has 1 aliphatic rings. The number of rotatable bonds is 9. The molecule has 0 fully saturated rings. The van der Waals surface area contributed by atoms with E-state index in [-0.39, 0.29) is 23.7 Å². The lowest BCUT2D eigenvalue weighted by Crippen LogP contribution is -2.31. The van der Waals surface area contributed by atoms with Crippen molar-refractivity contribution in [1.29, 1.82) is 0 Å². The maximum Gasteiger partial charge on any atom is 0.345 e. The Hall–Kier alpha value is -4.19. The average Bonchev–Trinajstić information content (AvgIpc) is 3.62. The van der Waals surface area contributed by atoms with Crippen LogP contribution >= 0.6 is 11.3 Å². The Kier molecular flexibility index (Phi) is 7.11. The number of ether oxygens (including phenoxy) is 3. The number of hydrogen-bond acceptors (Lipinski definition) is 10. The van der Waals surface area contributed by atoms with E-state index in [1.165, 1.54) is 35.8 Å². The van der Waals surface area contributed by atoms with Gasteiger partial charge >= 0.3 is 5.97 Å². The summed E-state index contributed by atoms with van der Waals surface area (Å²) in [7, 11) is 1.33. The van der Waals surface area contributed by atoms with Crippen molar-refractivity contribution in [3.05, 3.63) is 74.4 Å². The minimum absolute atomic E-state index is 0.0972. The number of esters is 1. The van der Waals surface area contributed by atoms with Crippen molar-refractivity contribution in [2.45, 2.75) is 19.4 Å². The molecule has 0 saturated heterocycles. The van der Waals surface area contributed by atoms with Gasteiger partial charge in [-0.1, -0.05) is 6.07 Å². The van der Waals surface area contributed by atoms with Crippen LogP contribution in [0.1, 0.15) is 40.4 Å². The number of thiophene rings is 1. The van der Waals surface area contributed by atoms with E-state index >= 15 is 0 Å². The van der Waals surface area contributed by atoms with Gasteiger partial charge in [-0.2, -0.15) is 5.10 Å². The zero-order valence-corrected chi connectivity index (χ0v) is 19.6. The van der Waals surface area contributed by atoms with Crippen molar-refractivity contribution in [3.8, 4) is 11.5 Å². The summed E-state index contributed by atoms with van der Waals surface area (Å²) in [6.45, 7) is 1.28. The predicted octanol–water partition coefficient (Wildman–Crippen LogP) is 4.19. The molecule has 3 heterocycles. The Balaban J connectivity index is 1.54. The SMILES string of the molecule is CCOc1cc(C(=O)OCC(=O)N2N=C(c3cccs3)CC2c2ccco2)c([N+](=O)[O-])cc1OC. The molecule has 0 radical (unpaired) electrons. The van der Waals surface area contributed by atoms with Gasteiger partial charge in [-0.15, -0.1) is 11.3 Å². The number of carbonyl (C=O) groups excluding carboxylic acids is 2. The van der Waals surface area contributed by atoms with Crippen molar-refractivity contribution in [3.63, 3.8) is 0 Å². The van der Waals surface area contributed by atoms with Crippen LogP contribution in [0.25, 0.3) is 0 Å². The third-order valence-corrected chi connectivity index (χ3v) is 6.09. The second-order valence-corrected chi connectivity index (χ2v) is 8.23. The van der Waals surface area contributed by atoms with E-state index in [0.29, 0.717) is 17.9 Å². The van der Waals surface area contributed by atoms with Crippen molar-refractivity contribution in [1.82, 2.24) is 5.01 Å². The molecule has 0 saturated carbocycles. The molecule has 0 aliphatic carbocycles. The van der Waals surface area contributed by atoms with E-state index < -0.39 is 35.1 Å². The maximum atomic E-state index is 13.0. The van der Waals surface area contributed by atoms with Crippen LogP contribution in [0, 0.1) is 10.1 Å². The van der Waals surface area contributed by atoms with Gasteiger partial charge in [0.2, 0.25) is 0 Å². The van der Waals surface area contributed by atoms with Gasteiger partial charge in [0.05, 0.1) is 41.6 Å². The number of benzene rings is 1. The minimum Gasteiger partial charge on any atom is -0.493 e. The molecule has 1 atom stereocenters. The number of methoxy groups -OCH3 is 1. The van der Waals surface area contributed by atoms with Crippen LogP contribution in [0.5, 0.6) is 11.5 Å². The molecule has 12 heteroatoms. The number of amides is 1. The fourth-order valence-electron chi connectivity index (χ4n) is 3.60. The van der Waals surface area contributed by atoms with Crippen LogP contribution in [-0.4, -0.2) is 47.8 Å². The first-order chi connectivity index (χ1) is 16.9. The summed E-state index contributed by atoms with van der Waals surface area (Å²) in [5.74, 6) is -0.883. The van der Waals surface area contributed by atoms with Crippen molar-refractivity contribution >= 4 is 34.6 Å². The number of nitro groups is 1. The molecule has 1 aromatic carbocycles. The second-order valence-electron chi connectivity index (χ2n) is 7.28. The van der Waals surface area contributed by atoms with Gasteiger partial charge in [0.25, 0.3) is 11.6 Å². The summed E-state index contributed by atoms with van der Waals surface area (Å²) >= 11 is 1.49. The molecule has 1 amide bonds. The summed E-state index contributed by atoms with van der Waals surface area (Å²) in [4.78, 5) is 37.5. The average molecular weight is 500 g/mol. The number of nitro benzene ring substituents is 1. The van der Waals surface area contributed by atoms with Gasteiger partial charge in [-0.05, 0) is 30.5 Å². The molecule has 182 valence electrons. The Labute approximate surface area is 203 Å². The summed E-state index contributed by atoms with van der Waals surface area (Å²) < 4.78 is 21.2. The van der Waals surface area contributed by atoms with E-state index in [9.17, 15) is 19.7 Å². The third-order valence-electron chi connectivity index (χ3n) is 5.17. The van der Waals surface area contributed by atoms with E-state index in [1.54, 1.807) is 19.1 Å². The molecule has 0 bridgehead atoms. The topological polar surface area (TPSA) is 134 Å². The predicted molar refractivity (Wildman–Crippen MR) is 125 cm³/mol. The number of carbonyl (C=O) groups is 2. The van der Waals surface area contributed by atoms with E-state index in [4.69, 9.17) is 18.6 Å². The molecule has 11 nitrogen and oxygen atoms in total. The number of nitrogens with zero attached hydrogens (tertiary/aromatic N) is 3. The highest BCUT2D eigenvalue weighted by molar-refractivity contribution is 7.12. The fourth-order valence-corrected chi connectivity index (χ4v) is 4.32. The summed E-state index contributed by atoms with van der Waals surface area (Å²) in [5, 5.41) is 19.1. The minimum atomic E-state index is -1.05. The lowest BCUT2D eigenvalue weighted by molar-refractivity contribution is -0.385. The Morgan fingerprint density at radius 3 is 2.74 bits per heavy atom. The summed E-state index contributed by atoms with van der Waals surface area (Å²) in [6, 6.07) is 8.97. The molecule has 0 N–H and O–H groups in total. The van der Waals surface area contributed by atoms with Gasteiger partial charge in [0.1, 0.15) is 17.4 Å². The quantitative estimate of drug-likeness (QED) is 0.243. The molecule has 4 rings (SSSR count). The smallest absolute Gasteiger partial charge is 0.345 e. The van der Waals surface area contributed by atoms with Crippen LogP contribution in [0.2, 0.25) is 0 Å². The Morgan fingerprint density at radius 1 is 1.29 bits per heavy atom. The fraction of sp³-hybridized carbons (Fsp3) is 0.261. The summed E-state index contributed by atoms with van der Waals surface area (Å²) in [5.41, 5.74) is -0.192. The largest absolute Gasteiger partial charge is 0.493 e. The van der Waals surface area contributed by atoms with Gasteiger partial charge in [-0.25, -0.2) is 9.80 Å². The first kappa shape index (κ1) is 24.0. The molecule has 1 unspecified atom stereocenters. The lowest BCUT2D eigenvalue weighted by Gasteiger charge is -2.19. The van der Waals surface area contributed by atoms with E-state index in [2.05, 4.69) is 5.10 Å². The molecule has 2 aromatic heterocycles. The number of furan rings is 1. The van der Waals surface area contributed by atoms with Crippen LogP contribution in [0.4, 0.5) is 5.69 Å². The normalized spacial score (nSPS) is 15.0. The Morgan fingerprint density at radius 2 is 2.11 bits per heavy atom. The Bertz CT molecular complexity index is 1250. The summed E-state index contributed by atoms with van der Waals surface area (Å²) in [6.07, 6.45) is 1.93. The first-order valence-electron chi connectivity index (χ1n) is 10.6. The first-order valence-corrected chi connectivity index (χ1v) is 11.4. The highest BCUT2D eigenvalue weighted by atomic mass is 32.1. The van der Waals surface area contributed by atoms with Crippen molar-refractivity contribution in [2.75, 3.05) is 20.3 Å². The van der Waals surface area contributed by atoms with Gasteiger partial charge < -0.3 is 18.6 Å². The zero-order chi connectivity index (χ0) is 24.9. The molecule has 0 spiro atoms. The highest BCUT2D eigenvalue weighted by Gasteiger charge is 2.36. The number of hydrogen-bond donors (Lipinski definition) is 0. The lowest BCUT2D eigenvalue weighted by atomic mass is 10.1. The zero-order valence-electron chi connectivity index (χ0n) is 18.8. The van der Waals surface area contributed by atoms with Crippen molar-refractivity contribution in [2.24, 2.45) is 5.10 Å². The second kappa shape index (κ2) is 10.4. The van der Waals surface area contributed by atoms with Gasteiger partial charge in [-0.3, -0.25) is 14.9 Å². The van der Waals surface area contributed by atoms with E-state index in [1.807, 2.05) is 17.5 Å². The van der Waals surface area contributed by atoms with Gasteiger partial charge in [0.15, 0.2) is 18.1 Å². The van der Waals surface area contributed by atoms with E-state index in [0.717, 1.165) is 10.9 Å². The highest BCUT2D eigenvalue weighted by Crippen LogP contribution is 2.36. The van der Waals surface area contributed by atoms with Crippen molar-refractivity contribution < 1.29 is 33.1 Å². The third kappa shape index (κ3) is 5.01. The van der Waals surface area contributed by atoms with Crippen LogP contribution < -0.4 is 9.47 Å².